The van der Waals surface area contributed by atoms with E-state index in [1.165, 1.54) is 0 Å². The zero-order valence-corrected chi connectivity index (χ0v) is 15.6. The Balaban J connectivity index is 2.27. The highest BCUT2D eigenvalue weighted by atomic mass is 35.5. The van der Waals surface area contributed by atoms with Crippen molar-refractivity contribution < 1.29 is 23.8 Å². The van der Waals surface area contributed by atoms with Crippen molar-refractivity contribution >= 4 is 23.7 Å². The number of aromatic nitrogens is 2. The molecule has 1 atom stereocenters. The molecule has 0 radical (unpaired) electrons. The van der Waals surface area contributed by atoms with Gasteiger partial charge in [-0.05, 0) is 44.5 Å². The van der Waals surface area contributed by atoms with E-state index in [9.17, 15) is 14.7 Å². The van der Waals surface area contributed by atoms with Crippen LogP contribution in [0.15, 0.2) is 22.6 Å². The molecule has 0 saturated heterocycles. The fourth-order valence-corrected chi connectivity index (χ4v) is 2.41. The maximum atomic E-state index is 11.9. The van der Waals surface area contributed by atoms with Gasteiger partial charge in [-0.2, -0.15) is 0 Å². The normalized spacial score (nSPS) is 12.5. The Bertz CT molecular complexity index is 813. The van der Waals surface area contributed by atoms with Gasteiger partial charge < -0.3 is 19.6 Å². The second-order valence-corrected chi connectivity index (χ2v) is 7.11. The Morgan fingerprint density at radius 1 is 1.35 bits per heavy atom. The number of amides is 1. The van der Waals surface area contributed by atoms with Crippen molar-refractivity contribution in [3.63, 3.8) is 0 Å². The number of benzene rings is 1. The molecule has 0 aliphatic heterocycles. The topological polar surface area (TPSA) is 115 Å². The SMILES string of the molecule is Cc1nnc(-c2ccc(Cl)cc2C[C@H](NC(=O)OC(C)(C)C)C(=O)O)o1. The summed E-state index contributed by atoms with van der Waals surface area (Å²) in [6.07, 6.45) is -0.853. The fourth-order valence-electron chi connectivity index (χ4n) is 2.22. The molecule has 9 heteroatoms. The summed E-state index contributed by atoms with van der Waals surface area (Å²) in [5.41, 5.74) is 0.354. The van der Waals surface area contributed by atoms with Gasteiger partial charge in [-0.15, -0.1) is 10.2 Å². The van der Waals surface area contributed by atoms with Gasteiger partial charge in [0.2, 0.25) is 11.8 Å². The molecule has 1 aromatic carbocycles. The summed E-state index contributed by atoms with van der Waals surface area (Å²) in [5, 5.41) is 20.0. The molecule has 2 rings (SSSR count). The predicted molar refractivity (Wildman–Crippen MR) is 94.0 cm³/mol. The maximum absolute atomic E-state index is 11.9. The second kappa shape index (κ2) is 7.74. The summed E-state index contributed by atoms with van der Waals surface area (Å²) in [6, 6.07) is 3.68. The summed E-state index contributed by atoms with van der Waals surface area (Å²) >= 11 is 6.04. The van der Waals surface area contributed by atoms with Crippen molar-refractivity contribution in [3.8, 4) is 11.5 Å². The summed E-state index contributed by atoms with van der Waals surface area (Å²) in [7, 11) is 0. The van der Waals surface area contributed by atoms with Gasteiger partial charge >= 0.3 is 12.1 Å². The molecule has 26 heavy (non-hydrogen) atoms. The number of ether oxygens (including phenoxy) is 1. The van der Waals surface area contributed by atoms with E-state index in [0.717, 1.165) is 0 Å². The van der Waals surface area contributed by atoms with Crippen LogP contribution in [0.1, 0.15) is 32.2 Å². The van der Waals surface area contributed by atoms with E-state index >= 15 is 0 Å². The quantitative estimate of drug-likeness (QED) is 0.816. The van der Waals surface area contributed by atoms with E-state index in [0.29, 0.717) is 22.0 Å². The average Bonchev–Trinajstić information content (AvgIpc) is 2.91. The molecular formula is C17H20ClN3O5. The molecule has 2 N–H and O–H groups in total. The standard InChI is InChI=1S/C17H20ClN3O5/c1-9-20-21-14(25-9)12-6-5-11(18)7-10(12)8-13(15(22)23)19-16(24)26-17(2,3)4/h5-7,13H,8H2,1-4H3,(H,19,24)(H,22,23)/t13-/m0/s1. The molecule has 2 aromatic rings. The molecule has 0 bridgehead atoms. The molecule has 0 spiro atoms. The number of halogens is 1. The van der Waals surface area contributed by atoms with Crippen LogP contribution >= 0.6 is 11.6 Å². The Kier molecular flexibility index (Phi) is 5.86. The number of carboxylic acid groups (broad SMARTS) is 1. The van der Waals surface area contributed by atoms with E-state index in [2.05, 4.69) is 15.5 Å². The molecule has 0 unspecified atom stereocenters. The zero-order valence-electron chi connectivity index (χ0n) is 14.9. The van der Waals surface area contributed by atoms with Gasteiger partial charge in [-0.3, -0.25) is 0 Å². The third kappa shape index (κ3) is 5.45. The first kappa shape index (κ1) is 19.7. The molecule has 8 nitrogen and oxygen atoms in total. The largest absolute Gasteiger partial charge is 0.480 e. The Labute approximate surface area is 155 Å². The minimum absolute atomic E-state index is 0.0358. The molecule has 0 saturated carbocycles. The van der Waals surface area contributed by atoms with Crippen molar-refractivity contribution in [2.75, 3.05) is 0 Å². The minimum atomic E-state index is -1.22. The van der Waals surface area contributed by atoms with Gasteiger partial charge in [0.05, 0.1) is 0 Å². The number of rotatable bonds is 5. The van der Waals surface area contributed by atoms with Crippen LogP contribution in [0.3, 0.4) is 0 Å². The number of carbonyl (C=O) groups is 2. The lowest BCUT2D eigenvalue weighted by Gasteiger charge is -2.22. The Morgan fingerprint density at radius 2 is 2.04 bits per heavy atom. The molecular weight excluding hydrogens is 362 g/mol. The van der Waals surface area contributed by atoms with Crippen molar-refractivity contribution in [1.29, 1.82) is 0 Å². The van der Waals surface area contributed by atoms with Gasteiger partial charge in [-0.25, -0.2) is 9.59 Å². The summed E-state index contributed by atoms with van der Waals surface area (Å²) in [5.74, 6) is -0.582. The van der Waals surface area contributed by atoms with E-state index in [1.54, 1.807) is 45.9 Å². The lowest BCUT2D eigenvalue weighted by Crippen LogP contribution is -2.44. The van der Waals surface area contributed by atoms with E-state index in [-0.39, 0.29) is 12.3 Å². The van der Waals surface area contributed by atoms with Crippen LogP contribution in [0.5, 0.6) is 0 Å². The second-order valence-electron chi connectivity index (χ2n) is 6.67. The lowest BCUT2D eigenvalue weighted by molar-refractivity contribution is -0.139. The minimum Gasteiger partial charge on any atom is -0.480 e. The maximum Gasteiger partial charge on any atom is 0.408 e. The van der Waals surface area contributed by atoms with Crippen LogP contribution in [0.4, 0.5) is 4.79 Å². The van der Waals surface area contributed by atoms with Crippen LogP contribution < -0.4 is 5.32 Å². The van der Waals surface area contributed by atoms with Crippen molar-refractivity contribution in [1.82, 2.24) is 15.5 Å². The highest BCUT2D eigenvalue weighted by Crippen LogP contribution is 2.27. The molecule has 140 valence electrons. The first-order valence-corrected chi connectivity index (χ1v) is 8.24. The number of carboxylic acids is 1. The summed E-state index contributed by atoms with van der Waals surface area (Å²) in [6.45, 7) is 6.72. The van der Waals surface area contributed by atoms with E-state index in [1.807, 2.05) is 0 Å². The molecule has 0 fully saturated rings. The Morgan fingerprint density at radius 3 is 2.58 bits per heavy atom. The van der Waals surface area contributed by atoms with Crippen molar-refractivity contribution in [2.45, 2.75) is 45.8 Å². The van der Waals surface area contributed by atoms with Crippen LogP contribution in [0, 0.1) is 6.92 Å². The molecule has 0 aliphatic carbocycles. The van der Waals surface area contributed by atoms with Crippen LogP contribution in [0.2, 0.25) is 5.02 Å². The van der Waals surface area contributed by atoms with Crippen LogP contribution in [-0.4, -0.2) is 39.0 Å². The van der Waals surface area contributed by atoms with Gasteiger partial charge in [0, 0.05) is 23.9 Å². The van der Waals surface area contributed by atoms with Crippen molar-refractivity contribution in [2.24, 2.45) is 0 Å². The van der Waals surface area contributed by atoms with Gasteiger partial charge in [0.1, 0.15) is 11.6 Å². The smallest absolute Gasteiger partial charge is 0.408 e. The molecule has 1 heterocycles. The van der Waals surface area contributed by atoms with Crippen LogP contribution in [-0.2, 0) is 16.0 Å². The summed E-state index contributed by atoms with van der Waals surface area (Å²) < 4.78 is 10.5. The monoisotopic (exact) mass is 381 g/mol. The number of carbonyl (C=O) groups excluding carboxylic acids is 1. The first-order valence-electron chi connectivity index (χ1n) is 7.86. The van der Waals surface area contributed by atoms with Crippen molar-refractivity contribution in [3.05, 3.63) is 34.7 Å². The number of nitrogens with zero attached hydrogens (tertiary/aromatic N) is 2. The third-order valence-corrected chi connectivity index (χ3v) is 3.47. The number of hydrogen-bond donors (Lipinski definition) is 2. The average molecular weight is 382 g/mol. The third-order valence-electron chi connectivity index (χ3n) is 3.24. The highest BCUT2D eigenvalue weighted by molar-refractivity contribution is 6.30. The predicted octanol–water partition coefficient (Wildman–Crippen LogP) is 3.22. The first-order chi connectivity index (χ1) is 12.0. The fraction of sp³-hybridized carbons (Fsp3) is 0.412. The Hall–Kier alpha value is -2.61. The zero-order chi connectivity index (χ0) is 19.5. The number of alkyl carbamates (subject to hydrolysis) is 1. The number of hydrogen-bond acceptors (Lipinski definition) is 6. The summed E-state index contributed by atoms with van der Waals surface area (Å²) in [4.78, 5) is 23.5. The molecule has 1 amide bonds. The lowest BCUT2D eigenvalue weighted by atomic mass is 10.00. The van der Waals surface area contributed by atoms with E-state index in [4.69, 9.17) is 20.8 Å². The molecule has 0 aliphatic rings. The van der Waals surface area contributed by atoms with Gasteiger partial charge in [0.15, 0.2) is 0 Å². The number of nitrogens with one attached hydrogen (secondary N) is 1. The highest BCUT2D eigenvalue weighted by Gasteiger charge is 2.26. The van der Waals surface area contributed by atoms with E-state index < -0.39 is 23.7 Å². The van der Waals surface area contributed by atoms with Gasteiger partial charge in [-0.1, -0.05) is 11.6 Å². The number of aryl methyl sites for hydroxylation is 1. The van der Waals surface area contributed by atoms with Gasteiger partial charge in [0.25, 0.3) is 0 Å². The molecule has 1 aromatic heterocycles. The van der Waals surface area contributed by atoms with Crippen LogP contribution in [0.25, 0.3) is 11.5 Å². The number of aliphatic carboxylic acids is 1.